The summed E-state index contributed by atoms with van der Waals surface area (Å²) in [6, 6.07) is 11.2. The minimum Gasteiger partial charge on any atom is -0.396 e. The summed E-state index contributed by atoms with van der Waals surface area (Å²) >= 11 is 0. The number of aliphatic hydroxyl groups is 1. The summed E-state index contributed by atoms with van der Waals surface area (Å²) in [4.78, 5) is 0. The van der Waals surface area contributed by atoms with E-state index in [0.29, 0.717) is 6.61 Å². The van der Waals surface area contributed by atoms with Crippen LogP contribution in [0.15, 0.2) is 30.3 Å². The summed E-state index contributed by atoms with van der Waals surface area (Å²) in [5.74, 6) is 0.759. The molecule has 1 nitrogen and oxygen atoms in total. The summed E-state index contributed by atoms with van der Waals surface area (Å²) < 4.78 is 0. The fourth-order valence-corrected chi connectivity index (χ4v) is 3.76. The lowest BCUT2D eigenvalue weighted by atomic mass is 9.88. The Kier molecular flexibility index (Phi) is 14.8. The Morgan fingerprint density at radius 3 is 1.64 bits per heavy atom. The Morgan fingerprint density at radius 1 is 0.640 bits per heavy atom. The van der Waals surface area contributed by atoms with Crippen LogP contribution in [0, 0.1) is 0 Å². The lowest BCUT2D eigenvalue weighted by Gasteiger charge is -2.17. The number of rotatable bonds is 17. The second-order valence-electron chi connectivity index (χ2n) is 7.65. The van der Waals surface area contributed by atoms with E-state index in [2.05, 4.69) is 37.3 Å². The molecule has 0 spiro atoms. The molecule has 0 bridgehead atoms. The zero-order valence-corrected chi connectivity index (χ0v) is 16.7. The molecule has 0 saturated heterocycles. The van der Waals surface area contributed by atoms with Crippen molar-refractivity contribution >= 4 is 0 Å². The first-order valence-corrected chi connectivity index (χ1v) is 11.0. The third kappa shape index (κ3) is 12.2. The number of unbranched alkanes of at least 4 members (excludes halogenated alkanes) is 11. The van der Waals surface area contributed by atoms with Gasteiger partial charge in [-0.25, -0.2) is 0 Å². The van der Waals surface area contributed by atoms with Gasteiger partial charge in [0.15, 0.2) is 0 Å². The second kappa shape index (κ2) is 16.6. The van der Waals surface area contributed by atoms with Crippen LogP contribution in [0.3, 0.4) is 0 Å². The average Bonchev–Trinajstić information content (AvgIpc) is 2.65. The van der Waals surface area contributed by atoms with E-state index in [1.54, 1.807) is 5.56 Å². The van der Waals surface area contributed by atoms with Crippen molar-refractivity contribution in [2.24, 2.45) is 0 Å². The van der Waals surface area contributed by atoms with Crippen LogP contribution in [0.2, 0.25) is 0 Å². The van der Waals surface area contributed by atoms with Gasteiger partial charge in [-0.3, -0.25) is 0 Å². The van der Waals surface area contributed by atoms with E-state index >= 15 is 0 Å². The van der Waals surface area contributed by atoms with Crippen molar-refractivity contribution in [1.29, 1.82) is 0 Å². The average molecular weight is 347 g/mol. The predicted octanol–water partition coefficient (Wildman–Crippen LogP) is 7.63. The van der Waals surface area contributed by atoms with Gasteiger partial charge in [0, 0.05) is 6.61 Å². The summed E-state index contributed by atoms with van der Waals surface area (Å²) in [6.45, 7) is 2.64. The van der Waals surface area contributed by atoms with E-state index in [4.69, 9.17) is 5.11 Å². The van der Waals surface area contributed by atoms with Gasteiger partial charge in [0.25, 0.3) is 0 Å². The van der Waals surface area contributed by atoms with Gasteiger partial charge in [-0.1, -0.05) is 114 Å². The van der Waals surface area contributed by atoms with Crippen LogP contribution in [0.1, 0.15) is 115 Å². The minimum absolute atomic E-state index is 0.356. The van der Waals surface area contributed by atoms with Crippen LogP contribution >= 0.6 is 0 Å². The van der Waals surface area contributed by atoms with Crippen molar-refractivity contribution in [3.63, 3.8) is 0 Å². The molecule has 1 N–H and O–H groups in total. The van der Waals surface area contributed by atoms with Crippen LogP contribution in [-0.4, -0.2) is 11.7 Å². The van der Waals surface area contributed by atoms with E-state index in [0.717, 1.165) is 12.3 Å². The number of hydrogen-bond donors (Lipinski definition) is 1. The van der Waals surface area contributed by atoms with Gasteiger partial charge in [0.05, 0.1) is 0 Å². The molecule has 0 saturated carbocycles. The molecule has 1 atom stereocenters. The van der Waals surface area contributed by atoms with Crippen LogP contribution in [0.5, 0.6) is 0 Å². The fraction of sp³-hybridized carbons (Fsp3) is 0.750. The molecule has 0 amide bonds. The van der Waals surface area contributed by atoms with E-state index < -0.39 is 0 Å². The highest BCUT2D eigenvalue weighted by molar-refractivity contribution is 5.19. The van der Waals surface area contributed by atoms with Gasteiger partial charge in [0.1, 0.15) is 0 Å². The molecular formula is C24H42O. The summed E-state index contributed by atoms with van der Waals surface area (Å²) in [5.41, 5.74) is 1.55. The number of aliphatic hydroxyl groups excluding tert-OH is 1. The van der Waals surface area contributed by atoms with Gasteiger partial charge in [-0.2, -0.15) is 0 Å². The molecule has 144 valence electrons. The molecule has 0 aliphatic rings. The van der Waals surface area contributed by atoms with Crippen molar-refractivity contribution in [1.82, 2.24) is 0 Å². The van der Waals surface area contributed by atoms with Gasteiger partial charge < -0.3 is 5.11 Å². The summed E-state index contributed by atoms with van der Waals surface area (Å²) in [7, 11) is 0. The lowest BCUT2D eigenvalue weighted by Crippen LogP contribution is -2.00. The Hall–Kier alpha value is -0.820. The van der Waals surface area contributed by atoms with Crippen LogP contribution < -0.4 is 0 Å². The first kappa shape index (κ1) is 22.2. The molecule has 0 radical (unpaired) electrons. The largest absolute Gasteiger partial charge is 0.396 e. The molecule has 0 aliphatic heterocycles. The van der Waals surface area contributed by atoms with Crippen molar-refractivity contribution in [2.45, 2.75) is 109 Å². The van der Waals surface area contributed by atoms with Crippen LogP contribution in [-0.2, 0) is 0 Å². The zero-order valence-electron chi connectivity index (χ0n) is 16.7. The standard InChI is InChI=1S/C24H42O/c1-2-3-4-5-6-9-13-18-23(24-20-15-12-16-21-24)19-14-10-7-8-11-17-22-25/h12,15-16,20-21,23,25H,2-11,13-14,17-19,22H2,1H3. The molecule has 0 fully saturated rings. The van der Waals surface area contributed by atoms with Crippen molar-refractivity contribution in [2.75, 3.05) is 6.61 Å². The minimum atomic E-state index is 0.356. The molecule has 1 unspecified atom stereocenters. The Labute approximate surface area is 157 Å². The van der Waals surface area contributed by atoms with Crippen molar-refractivity contribution < 1.29 is 5.11 Å². The zero-order chi connectivity index (χ0) is 18.0. The highest BCUT2D eigenvalue weighted by Crippen LogP contribution is 2.28. The van der Waals surface area contributed by atoms with Gasteiger partial charge >= 0.3 is 0 Å². The number of benzene rings is 1. The van der Waals surface area contributed by atoms with E-state index in [1.807, 2.05) is 0 Å². The smallest absolute Gasteiger partial charge is 0.0431 e. The Balaban J connectivity index is 2.21. The van der Waals surface area contributed by atoms with Crippen molar-refractivity contribution in [3.05, 3.63) is 35.9 Å². The quantitative estimate of drug-likeness (QED) is 0.287. The Bertz CT molecular complexity index is 355. The maximum absolute atomic E-state index is 8.83. The highest BCUT2D eigenvalue weighted by Gasteiger charge is 2.10. The fourth-order valence-electron chi connectivity index (χ4n) is 3.76. The molecule has 25 heavy (non-hydrogen) atoms. The third-order valence-electron chi connectivity index (χ3n) is 5.39. The van der Waals surface area contributed by atoms with Crippen LogP contribution in [0.25, 0.3) is 0 Å². The topological polar surface area (TPSA) is 20.2 Å². The van der Waals surface area contributed by atoms with Gasteiger partial charge in [-0.15, -0.1) is 0 Å². The molecule has 1 aromatic rings. The second-order valence-corrected chi connectivity index (χ2v) is 7.65. The number of hydrogen-bond acceptors (Lipinski definition) is 1. The monoisotopic (exact) mass is 346 g/mol. The third-order valence-corrected chi connectivity index (χ3v) is 5.39. The molecule has 1 rings (SSSR count). The van der Waals surface area contributed by atoms with Crippen molar-refractivity contribution in [3.8, 4) is 0 Å². The van der Waals surface area contributed by atoms with Crippen LogP contribution in [0.4, 0.5) is 0 Å². The summed E-state index contributed by atoms with van der Waals surface area (Å²) in [5, 5.41) is 8.83. The summed E-state index contributed by atoms with van der Waals surface area (Å²) in [6.07, 6.45) is 20.0. The molecule has 1 heteroatoms. The highest BCUT2D eigenvalue weighted by atomic mass is 16.2. The molecular weight excluding hydrogens is 304 g/mol. The van der Waals surface area contributed by atoms with E-state index in [1.165, 1.54) is 89.9 Å². The van der Waals surface area contributed by atoms with Gasteiger partial charge in [-0.05, 0) is 30.7 Å². The first-order chi connectivity index (χ1) is 12.4. The Morgan fingerprint density at radius 2 is 1.12 bits per heavy atom. The normalized spacial score (nSPS) is 12.4. The molecule has 0 aromatic heterocycles. The SMILES string of the molecule is CCCCCCCCCC(CCCCCCCCO)c1ccccc1. The predicted molar refractivity (Wildman–Crippen MR) is 111 cm³/mol. The molecule has 0 aliphatic carbocycles. The van der Waals surface area contributed by atoms with Gasteiger partial charge in [0.2, 0.25) is 0 Å². The van der Waals surface area contributed by atoms with E-state index in [9.17, 15) is 0 Å². The molecule has 1 aromatic carbocycles. The lowest BCUT2D eigenvalue weighted by molar-refractivity contribution is 0.282. The van der Waals surface area contributed by atoms with E-state index in [-0.39, 0.29) is 0 Å². The maximum atomic E-state index is 8.83. The molecule has 0 heterocycles. The maximum Gasteiger partial charge on any atom is 0.0431 e. The first-order valence-electron chi connectivity index (χ1n) is 11.0.